The minimum atomic E-state index is 0.758. The van der Waals surface area contributed by atoms with E-state index in [4.69, 9.17) is 0 Å². The fraction of sp³-hybridized carbons (Fsp3) is 0.706. The molecular weight excluding hydrogens is 260 g/mol. The van der Waals surface area contributed by atoms with Gasteiger partial charge >= 0.3 is 0 Å². The molecule has 0 aliphatic carbocycles. The fourth-order valence-electron chi connectivity index (χ4n) is 3.43. The summed E-state index contributed by atoms with van der Waals surface area (Å²) >= 11 is 0. The van der Waals surface area contributed by atoms with Crippen molar-refractivity contribution in [2.45, 2.75) is 32.4 Å². The molecule has 2 aliphatic heterocycles. The summed E-state index contributed by atoms with van der Waals surface area (Å²) in [7, 11) is 2.23. The lowest BCUT2D eigenvalue weighted by atomic mass is 10.2. The number of piperazine rings is 1. The Hall–Kier alpha value is -0.970. The maximum Gasteiger partial charge on any atom is 0.0544 e. The molecule has 2 saturated heterocycles. The van der Waals surface area contributed by atoms with Crippen LogP contribution in [0.15, 0.2) is 18.3 Å². The van der Waals surface area contributed by atoms with E-state index in [0.717, 1.165) is 19.0 Å². The number of aromatic nitrogens is 1. The molecule has 3 heterocycles. The predicted octanol–water partition coefficient (Wildman–Crippen LogP) is 1.47. The molecule has 21 heavy (non-hydrogen) atoms. The highest BCUT2D eigenvalue weighted by atomic mass is 15.3. The summed E-state index contributed by atoms with van der Waals surface area (Å²) in [4.78, 5) is 12.3. The summed E-state index contributed by atoms with van der Waals surface area (Å²) in [5.74, 6) is 0. The predicted molar refractivity (Wildman–Crippen MR) is 86.4 cm³/mol. The molecule has 4 heteroatoms. The van der Waals surface area contributed by atoms with Gasteiger partial charge in [-0.15, -0.1) is 0 Å². The highest BCUT2D eigenvalue weighted by Gasteiger charge is 2.29. The lowest BCUT2D eigenvalue weighted by Gasteiger charge is -2.36. The van der Waals surface area contributed by atoms with Gasteiger partial charge in [0.2, 0.25) is 0 Å². The Kier molecular flexibility index (Phi) is 4.88. The minimum absolute atomic E-state index is 0.758. The van der Waals surface area contributed by atoms with Crippen LogP contribution in [0.1, 0.15) is 24.6 Å². The number of likely N-dealkylation sites (N-methyl/N-ethyl adjacent to an activating group) is 1. The number of hydrogen-bond acceptors (Lipinski definition) is 4. The van der Waals surface area contributed by atoms with Crippen LogP contribution in [0.4, 0.5) is 0 Å². The third-order valence-corrected chi connectivity index (χ3v) is 4.98. The molecule has 3 rings (SSSR count). The van der Waals surface area contributed by atoms with Crippen molar-refractivity contribution in [2.75, 3.05) is 46.3 Å². The average Bonchev–Trinajstić information content (AvgIpc) is 2.97. The molecule has 2 fully saturated rings. The van der Waals surface area contributed by atoms with E-state index in [1.165, 1.54) is 56.9 Å². The van der Waals surface area contributed by atoms with Crippen LogP contribution in [0, 0.1) is 0 Å². The Balaban J connectivity index is 1.50. The maximum atomic E-state index is 4.60. The number of aryl methyl sites for hydroxylation is 1. The molecule has 2 aliphatic rings. The molecule has 0 amide bonds. The highest BCUT2D eigenvalue weighted by Crippen LogP contribution is 2.19. The topological polar surface area (TPSA) is 22.6 Å². The van der Waals surface area contributed by atoms with E-state index in [9.17, 15) is 0 Å². The van der Waals surface area contributed by atoms with Crippen LogP contribution in [-0.2, 0) is 13.0 Å². The summed E-state index contributed by atoms with van der Waals surface area (Å²) < 4.78 is 0. The number of hydrogen-bond donors (Lipinski definition) is 0. The van der Waals surface area contributed by atoms with Gasteiger partial charge in [-0.2, -0.15) is 0 Å². The van der Waals surface area contributed by atoms with E-state index in [-0.39, 0.29) is 0 Å². The third kappa shape index (κ3) is 3.82. The average molecular weight is 288 g/mol. The van der Waals surface area contributed by atoms with Crippen molar-refractivity contribution in [3.8, 4) is 0 Å². The molecular formula is C17H28N4. The Bertz CT molecular complexity index is 437. The number of nitrogens with zero attached hydrogens (tertiary/aromatic N) is 4. The largest absolute Gasteiger partial charge is 0.304 e. The molecule has 116 valence electrons. The SMILES string of the molecule is CCc1ccc(CN2CCC(N3CCN(C)CC3)C2)nc1. The van der Waals surface area contributed by atoms with E-state index in [1.54, 1.807) is 0 Å². The van der Waals surface area contributed by atoms with Crippen LogP contribution in [0.5, 0.6) is 0 Å². The number of pyridine rings is 1. The van der Waals surface area contributed by atoms with Crippen molar-refractivity contribution in [3.05, 3.63) is 29.6 Å². The standard InChI is InChI=1S/C17H28N4/c1-3-15-4-5-16(18-12-15)13-20-7-6-17(14-20)21-10-8-19(2)9-11-21/h4-5,12,17H,3,6-11,13-14H2,1-2H3. The molecule has 0 bridgehead atoms. The van der Waals surface area contributed by atoms with Crippen LogP contribution in [0.25, 0.3) is 0 Å². The molecule has 1 aromatic heterocycles. The van der Waals surface area contributed by atoms with Crippen molar-refractivity contribution < 1.29 is 0 Å². The first-order chi connectivity index (χ1) is 10.2. The fourth-order valence-corrected chi connectivity index (χ4v) is 3.43. The van der Waals surface area contributed by atoms with Crippen LogP contribution in [-0.4, -0.2) is 72.0 Å². The zero-order chi connectivity index (χ0) is 14.7. The van der Waals surface area contributed by atoms with E-state index < -0.39 is 0 Å². The monoisotopic (exact) mass is 288 g/mol. The normalized spacial score (nSPS) is 25.5. The molecule has 0 spiro atoms. The second kappa shape index (κ2) is 6.86. The summed E-state index contributed by atoms with van der Waals surface area (Å²) in [5, 5.41) is 0. The third-order valence-electron chi connectivity index (χ3n) is 4.98. The molecule has 1 unspecified atom stereocenters. The summed E-state index contributed by atoms with van der Waals surface area (Å²) in [6, 6.07) is 5.17. The van der Waals surface area contributed by atoms with Gasteiger partial charge in [0.15, 0.2) is 0 Å². The maximum absolute atomic E-state index is 4.60. The van der Waals surface area contributed by atoms with Gasteiger partial charge in [-0.25, -0.2) is 0 Å². The first kappa shape index (κ1) is 14.9. The van der Waals surface area contributed by atoms with Gasteiger partial charge in [0.05, 0.1) is 5.69 Å². The van der Waals surface area contributed by atoms with Crippen LogP contribution >= 0.6 is 0 Å². The van der Waals surface area contributed by atoms with Crippen LogP contribution in [0.2, 0.25) is 0 Å². The second-order valence-corrected chi connectivity index (χ2v) is 6.53. The first-order valence-corrected chi connectivity index (χ1v) is 8.33. The summed E-state index contributed by atoms with van der Waals surface area (Å²) in [6.45, 7) is 10.5. The molecule has 1 aromatic rings. The lowest BCUT2D eigenvalue weighted by Crippen LogP contribution is -2.49. The van der Waals surface area contributed by atoms with Crippen molar-refractivity contribution in [2.24, 2.45) is 0 Å². The van der Waals surface area contributed by atoms with E-state index in [1.807, 2.05) is 6.20 Å². The smallest absolute Gasteiger partial charge is 0.0544 e. The molecule has 1 atom stereocenters. The zero-order valence-corrected chi connectivity index (χ0v) is 13.5. The van der Waals surface area contributed by atoms with Gasteiger partial charge in [-0.1, -0.05) is 13.0 Å². The summed E-state index contributed by atoms with van der Waals surface area (Å²) in [5.41, 5.74) is 2.54. The van der Waals surface area contributed by atoms with Gasteiger partial charge in [0.25, 0.3) is 0 Å². The number of rotatable bonds is 4. The van der Waals surface area contributed by atoms with Crippen molar-refractivity contribution in [1.82, 2.24) is 19.7 Å². The van der Waals surface area contributed by atoms with Crippen molar-refractivity contribution in [1.29, 1.82) is 0 Å². The second-order valence-electron chi connectivity index (χ2n) is 6.53. The van der Waals surface area contributed by atoms with E-state index >= 15 is 0 Å². The first-order valence-electron chi connectivity index (χ1n) is 8.33. The van der Waals surface area contributed by atoms with E-state index in [2.05, 4.69) is 45.8 Å². The van der Waals surface area contributed by atoms with Crippen molar-refractivity contribution in [3.63, 3.8) is 0 Å². The number of likely N-dealkylation sites (tertiary alicyclic amines) is 1. The van der Waals surface area contributed by atoms with Gasteiger partial charge in [-0.05, 0) is 31.5 Å². The van der Waals surface area contributed by atoms with Gasteiger partial charge in [0.1, 0.15) is 0 Å². The Morgan fingerprint density at radius 2 is 1.95 bits per heavy atom. The van der Waals surface area contributed by atoms with E-state index in [0.29, 0.717) is 0 Å². The minimum Gasteiger partial charge on any atom is -0.304 e. The molecule has 0 aromatic carbocycles. The Morgan fingerprint density at radius 3 is 2.62 bits per heavy atom. The molecule has 0 radical (unpaired) electrons. The van der Waals surface area contributed by atoms with Crippen molar-refractivity contribution >= 4 is 0 Å². The lowest BCUT2D eigenvalue weighted by molar-refractivity contribution is 0.112. The molecule has 0 N–H and O–H groups in total. The highest BCUT2D eigenvalue weighted by molar-refractivity contribution is 5.14. The van der Waals surface area contributed by atoms with Gasteiger partial charge in [0, 0.05) is 58.1 Å². The zero-order valence-electron chi connectivity index (χ0n) is 13.5. The Labute approximate surface area is 128 Å². The quantitative estimate of drug-likeness (QED) is 0.837. The van der Waals surface area contributed by atoms with Gasteiger partial charge in [-0.3, -0.25) is 14.8 Å². The summed E-state index contributed by atoms with van der Waals surface area (Å²) in [6.07, 6.45) is 4.42. The van der Waals surface area contributed by atoms with Crippen LogP contribution < -0.4 is 0 Å². The van der Waals surface area contributed by atoms with Crippen LogP contribution in [0.3, 0.4) is 0 Å². The van der Waals surface area contributed by atoms with Gasteiger partial charge < -0.3 is 4.90 Å². The molecule has 4 nitrogen and oxygen atoms in total. The Morgan fingerprint density at radius 1 is 1.14 bits per heavy atom. The molecule has 0 saturated carbocycles.